The molecule has 4 heterocycles. The predicted octanol–water partition coefficient (Wildman–Crippen LogP) is 4.77. The lowest BCUT2D eigenvalue weighted by Crippen LogP contribution is -2.45. The van der Waals surface area contributed by atoms with Gasteiger partial charge in [-0.15, -0.1) is 0 Å². The van der Waals surface area contributed by atoms with Crippen LogP contribution in [0.2, 0.25) is 5.02 Å². The van der Waals surface area contributed by atoms with Crippen LogP contribution in [-0.2, 0) is 9.47 Å². The van der Waals surface area contributed by atoms with Crippen LogP contribution in [0.15, 0.2) is 54.6 Å². The van der Waals surface area contributed by atoms with E-state index in [1.807, 2.05) is 24.3 Å². The van der Waals surface area contributed by atoms with Crippen LogP contribution in [0.1, 0.15) is 18.0 Å². The number of halogens is 4. The average Bonchev–Trinajstić information content (AvgIpc) is 3.38. The highest BCUT2D eigenvalue weighted by atomic mass is 35.5. The number of nitrogens with one attached hydrogen (secondary N) is 1. The van der Waals surface area contributed by atoms with Gasteiger partial charge in [0, 0.05) is 25.1 Å². The highest BCUT2D eigenvalue weighted by molar-refractivity contribution is 6.33. The Morgan fingerprint density at radius 3 is 2.30 bits per heavy atom. The summed E-state index contributed by atoms with van der Waals surface area (Å²) in [7, 11) is 0. The van der Waals surface area contributed by atoms with Crippen molar-refractivity contribution in [1.82, 2.24) is 19.9 Å². The molecule has 2 aliphatic heterocycles. The van der Waals surface area contributed by atoms with E-state index >= 15 is 0 Å². The van der Waals surface area contributed by atoms with Crippen molar-refractivity contribution in [2.75, 3.05) is 39.5 Å². The monoisotopic (exact) mass is 618 g/mol. The molecule has 4 atom stereocenters. The Bertz CT molecular complexity index is 1540. The van der Waals surface area contributed by atoms with E-state index in [1.54, 1.807) is 18.2 Å². The lowest BCUT2D eigenvalue weighted by atomic mass is 9.98. The van der Waals surface area contributed by atoms with E-state index in [9.17, 15) is 23.4 Å². The lowest BCUT2D eigenvalue weighted by Gasteiger charge is -2.35. The van der Waals surface area contributed by atoms with E-state index in [0.717, 1.165) is 16.7 Å². The molecule has 43 heavy (non-hydrogen) atoms. The van der Waals surface area contributed by atoms with Crippen molar-refractivity contribution < 1.29 is 37.6 Å². The van der Waals surface area contributed by atoms with Gasteiger partial charge in [0.25, 0.3) is 6.01 Å². The minimum Gasteiger partial charge on any atom is -0.459 e. The Morgan fingerprint density at radius 1 is 1.02 bits per heavy atom. The van der Waals surface area contributed by atoms with Crippen LogP contribution in [-0.4, -0.2) is 94.1 Å². The molecule has 0 aliphatic carbocycles. The summed E-state index contributed by atoms with van der Waals surface area (Å²) in [5, 5.41) is 19.7. The number of alkyl halides is 3. The average molecular weight is 619 g/mol. The number of imidazole rings is 1. The maximum absolute atomic E-state index is 14.0. The number of benzene rings is 2. The molecule has 6 rings (SSSR count). The van der Waals surface area contributed by atoms with Crippen molar-refractivity contribution >= 4 is 22.8 Å². The molecule has 0 saturated carbocycles. The van der Waals surface area contributed by atoms with Gasteiger partial charge in [-0.1, -0.05) is 60.1 Å². The van der Waals surface area contributed by atoms with Gasteiger partial charge in [0.05, 0.1) is 48.8 Å². The standard InChI is InChI=1S/C30H30ClF3N4O5/c31-22-14-23-28(37-29(35-23)43-21-13-24(40)25(15-39)42-16-21)36-26(22)19-5-1-17(2-6-19)18-3-7-20(8-4-18)27(30(32,33)34)38-9-11-41-12-10-38/h1-8,14,21,24-25,27,39-40H,9-13,15-16H2,(H,35,36,37). The van der Waals surface area contributed by atoms with Crippen LogP contribution in [0.25, 0.3) is 33.5 Å². The molecule has 13 heteroatoms. The maximum atomic E-state index is 14.0. The normalized spacial score (nSPS) is 22.5. The molecule has 2 aromatic heterocycles. The molecular formula is C30H30ClF3N4O5. The second kappa shape index (κ2) is 12.4. The number of aromatic amines is 1. The van der Waals surface area contributed by atoms with Crippen LogP contribution in [0.4, 0.5) is 13.2 Å². The Labute approximate surface area is 250 Å². The summed E-state index contributed by atoms with van der Waals surface area (Å²) in [4.78, 5) is 13.5. The summed E-state index contributed by atoms with van der Waals surface area (Å²) in [5.41, 5.74) is 4.01. The van der Waals surface area contributed by atoms with Gasteiger partial charge >= 0.3 is 6.18 Å². The Morgan fingerprint density at radius 2 is 1.67 bits per heavy atom. The van der Waals surface area contributed by atoms with Crippen LogP contribution in [0.3, 0.4) is 0 Å². The quantitative estimate of drug-likeness (QED) is 0.272. The van der Waals surface area contributed by atoms with E-state index in [2.05, 4.69) is 15.0 Å². The van der Waals surface area contributed by atoms with Gasteiger partial charge in [0.15, 0.2) is 5.65 Å². The number of hydrogen-bond donors (Lipinski definition) is 3. The third-order valence-corrected chi connectivity index (χ3v) is 8.02. The van der Waals surface area contributed by atoms with Crippen LogP contribution < -0.4 is 4.74 Å². The number of pyridine rings is 1. The fraction of sp³-hybridized carbons (Fsp3) is 0.400. The summed E-state index contributed by atoms with van der Waals surface area (Å²) in [6, 6.07) is 14.1. The molecule has 0 spiro atoms. The molecular weight excluding hydrogens is 589 g/mol. The molecule has 2 aliphatic rings. The Kier molecular flexibility index (Phi) is 8.58. The highest BCUT2D eigenvalue weighted by Gasteiger charge is 2.45. The Balaban J connectivity index is 1.18. The van der Waals surface area contributed by atoms with Crippen molar-refractivity contribution in [3.05, 3.63) is 65.2 Å². The number of fused-ring (bicyclic) bond motifs is 1. The summed E-state index contributed by atoms with van der Waals surface area (Å²) in [6.07, 6.45) is -6.04. The van der Waals surface area contributed by atoms with Gasteiger partial charge < -0.3 is 29.4 Å². The summed E-state index contributed by atoms with van der Waals surface area (Å²) in [6.45, 7) is 0.956. The maximum Gasteiger partial charge on any atom is 0.408 e. The first-order valence-electron chi connectivity index (χ1n) is 13.9. The van der Waals surface area contributed by atoms with Crippen LogP contribution >= 0.6 is 11.6 Å². The number of H-pyrrole nitrogens is 1. The van der Waals surface area contributed by atoms with E-state index in [-0.39, 0.29) is 57.5 Å². The van der Waals surface area contributed by atoms with E-state index in [4.69, 9.17) is 25.8 Å². The molecule has 0 bridgehead atoms. The first-order valence-corrected chi connectivity index (χ1v) is 14.3. The zero-order valence-electron chi connectivity index (χ0n) is 22.9. The number of rotatable bonds is 7. The van der Waals surface area contributed by atoms with Gasteiger partial charge in [0.2, 0.25) is 0 Å². The van der Waals surface area contributed by atoms with Gasteiger partial charge in [-0.05, 0) is 22.8 Å². The molecule has 4 aromatic rings. The lowest BCUT2D eigenvalue weighted by molar-refractivity contribution is -0.194. The molecule has 2 aromatic carbocycles. The minimum atomic E-state index is -4.40. The van der Waals surface area contributed by atoms with Gasteiger partial charge in [-0.25, -0.2) is 4.98 Å². The number of morpholine rings is 1. The van der Waals surface area contributed by atoms with Gasteiger partial charge in [-0.2, -0.15) is 18.2 Å². The number of aliphatic hydroxyl groups excluding tert-OH is 2. The smallest absolute Gasteiger partial charge is 0.408 e. The minimum absolute atomic E-state index is 0.197. The molecule has 228 valence electrons. The van der Waals surface area contributed by atoms with Crippen molar-refractivity contribution in [1.29, 1.82) is 0 Å². The van der Waals surface area contributed by atoms with Crippen molar-refractivity contribution in [2.24, 2.45) is 0 Å². The molecule has 3 N–H and O–H groups in total. The summed E-state index contributed by atoms with van der Waals surface area (Å²) >= 11 is 6.56. The third-order valence-electron chi connectivity index (χ3n) is 7.73. The fourth-order valence-electron chi connectivity index (χ4n) is 5.52. The molecule has 0 radical (unpaired) electrons. The SMILES string of the molecule is OCC1OCC(Oc2nc3nc(-c4ccc(-c5ccc(C(N6CCOCC6)C(F)(F)F)cc5)cc4)c(Cl)cc3[nH]2)CC1O. The summed E-state index contributed by atoms with van der Waals surface area (Å²) < 4.78 is 58.4. The van der Waals surface area contributed by atoms with Crippen molar-refractivity contribution in [3.8, 4) is 28.4 Å². The van der Waals surface area contributed by atoms with E-state index in [0.29, 0.717) is 21.9 Å². The second-order valence-electron chi connectivity index (χ2n) is 10.6. The predicted molar refractivity (Wildman–Crippen MR) is 153 cm³/mol. The number of nitrogens with zero attached hydrogens (tertiary/aromatic N) is 3. The molecule has 4 unspecified atom stereocenters. The second-order valence-corrected chi connectivity index (χ2v) is 11.0. The molecule has 2 saturated heterocycles. The zero-order valence-corrected chi connectivity index (χ0v) is 23.7. The summed E-state index contributed by atoms with van der Waals surface area (Å²) in [5.74, 6) is 0. The van der Waals surface area contributed by atoms with Crippen molar-refractivity contribution in [2.45, 2.75) is 37.0 Å². The largest absolute Gasteiger partial charge is 0.459 e. The van der Waals surface area contributed by atoms with Crippen LogP contribution in [0.5, 0.6) is 6.01 Å². The Hall–Kier alpha value is -3.26. The topological polar surface area (TPSA) is 113 Å². The van der Waals surface area contributed by atoms with Gasteiger partial charge in [0.1, 0.15) is 18.2 Å². The number of aromatic nitrogens is 3. The van der Waals surface area contributed by atoms with Crippen molar-refractivity contribution in [3.63, 3.8) is 0 Å². The van der Waals surface area contributed by atoms with Crippen LogP contribution in [0, 0.1) is 0 Å². The molecule has 9 nitrogen and oxygen atoms in total. The number of ether oxygens (including phenoxy) is 3. The highest BCUT2D eigenvalue weighted by Crippen LogP contribution is 2.39. The van der Waals surface area contributed by atoms with Gasteiger partial charge in [-0.3, -0.25) is 4.90 Å². The molecule has 2 fully saturated rings. The fourth-order valence-corrected chi connectivity index (χ4v) is 5.78. The molecule has 0 amide bonds. The van der Waals surface area contributed by atoms with E-state index < -0.39 is 30.5 Å². The zero-order chi connectivity index (χ0) is 30.1. The first kappa shape index (κ1) is 29.8. The third kappa shape index (κ3) is 6.49. The number of hydrogen-bond acceptors (Lipinski definition) is 8. The number of aliphatic hydroxyl groups is 2. The van der Waals surface area contributed by atoms with E-state index in [1.165, 1.54) is 17.0 Å². The first-order chi connectivity index (χ1) is 20.7.